The average Bonchev–Trinajstić information content (AvgIpc) is 3.17. The van der Waals surface area contributed by atoms with Gasteiger partial charge in [-0.1, -0.05) is 48.5 Å². The minimum atomic E-state index is -0.341. The molecule has 2 aromatic carbocycles. The molecule has 0 radical (unpaired) electrons. The van der Waals surface area contributed by atoms with Crippen molar-refractivity contribution in [3.05, 3.63) is 65.9 Å². The largest absolute Gasteiger partial charge is 0.345 e. The lowest BCUT2D eigenvalue weighted by molar-refractivity contribution is -0.0466. The fourth-order valence-electron chi connectivity index (χ4n) is 2.72. The van der Waals surface area contributed by atoms with Gasteiger partial charge >= 0.3 is 0 Å². The normalized spacial score (nSPS) is 15.8. The molecule has 21 heavy (non-hydrogen) atoms. The average molecular weight is 280 g/mol. The van der Waals surface area contributed by atoms with Crippen LogP contribution in [0.5, 0.6) is 0 Å². The molecule has 4 rings (SSSR count). The van der Waals surface area contributed by atoms with Crippen LogP contribution in [0.15, 0.2) is 54.6 Å². The first kappa shape index (κ1) is 12.6. The minimum Gasteiger partial charge on any atom is -0.345 e. The van der Waals surface area contributed by atoms with Gasteiger partial charge in [-0.3, -0.25) is 4.68 Å². The van der Waals surface area contributed by atoms with E-state index in [2.05, 4.69) is 24.3 Å². The summed E-state index contributed by atoms with van der Waals surface area (Å²) < 4.78 is 13.2. The van der Waals surface area contributed by atoms with Crippen LogP contribution >= 0.6 is 0 Å². The van der Waals surface area contributed by atoms with Crippen molar-refractivity contribution in [2.24, 2.45) is 0 Å². The van der Waals surface area contributed by atoms with Crippen molar-refractivity contribution < 1.29 is 9.47 Å². The van der Waals surface area contributed by atoms with E-state index in [1.807, 2.05) is 35.0 Å². The molecule has 0 saturated carbocycles. The van der Waals surface area contributed by atoms with Crippen molar-refractivity contribution in [1.82, 2.24) is 9.78 Å². The van der Waals surface area contributed by atoms with E-state index in [-0.39, 0.29) is 6.29 Å². The van der Waals surface area contributed by atoms with Gasteiger partial charge in [-0.05, 0) is 11.6 Å². The Morgan fingerprint density at radius 1 is 0.952 bits per heavy atom. The van der Waals surface area contributed by atoms with Crippen molar-refractivity contribution >= 4 is 10.9 Å². The number of para-hydroxylation sites is 1. The highest BCUT2D eigenvalue weighted by Crippen LogP contribution is 2.29. The lowest BCUT2D eigenvalue weighted by Gasteiger charge is -2.05. The Morgan fingerprint density at radius 3 is 2.48 bits per heavy atom. The van der Waals surface area contributed by atoms with E-state index in [9.17, 15) is 0 Å². The summed E-state index contributed by atoms with van der Waals surface area (Å²) in [6.45, 7) is 2.00. The van der Waals surface area contributed by atoms with Gasteiger partial charge in [0.1, 0.15) is 5.69 Å². The monoisotopic (exact) mass is 280 g/mol. The van der Waals surface area contributed by atoms with Gasteiger partial charge in [-0.2, -0.15) is 5.10 Å². The first-order valence-electron chi connectivity index (χ1n) is 7.14. The predicted molar refractivity (Wildman–Crippen MR) is 79.9 cm³/mol. The Morgan fingerprint density at radius 2 is 1.67 bits per heavy atom. The molecule has 1 aliphatic heterocycles. The summed E-state index contributed by atoms with van der Waals surface area (Å²) in [5.74, 6) is 0. The lowest BCUT2D eigenvalue weighted by atomic mass is 10.2. The number of hydrogen-bond donors (Lipinski definition) is 0. The maximum atomic E-state index is 5.61. The van der Waals surface area contributed by atoms with Crippen LogP contribution in [-0.2, 0) is 16.0 Å². The summed E-state index contributed by atoms with van der Waals surface area (Å²) >= 11 is 0. The smallest absolute Gasteiger partial charge is 0.203 e. The van der Waals surface area contributed by atoms with Crippen LogP contribution in [-0.4, -0.2) is 23.0 Å². The Labute approximate surface area is 122 Å². The van der Waals surface area contributed by atoms with Gasteiger partial charge in [0.05, 0.1) is 25.3 Å². The molecule has 1 fully saturated rings. The zero-order valence-corrected chi connectivity index (χ0v) is 11.6. The van der Waals surface area contributed by atoms with Crippen molar-refractivity contribution in [2.75, 3.05) is 13.2 Å². The third-order valence-electron chi connectivity index (χ3n) is 3.71. The van der Waals surface area contributed by atoms with Gasteiger partial charge in [-0.25, -0.2) is 0 Å². The molecule has 0 bridgehead atoms. The van der Waals surface area contributed by atoms with Crippen molar-refractivity contribution in [1.29, 1.82) is 0 Å². The van der Waals surface area contributed by atoms with Crippen molar-refractivity contribution in [2.45, 2.75) is 12.8 Å². The molecule has 0 aliphatic carbocycles. The van der Waals surface area contributed by atoms with Crippen LogP contribution < -0.4 is 0 Å². The van der Waals surface area contributed by atoms with Gasteiger partial charge in [0.15, 0.2) is 0 Å². The van der Waals surface area contributed by atoms with Crippen LogP contribution in [0.3, 0.4) is 0 Å². The van der Waals surface area contributed by atoms with Crippen LogP contribution in [0.2, 0.25) is 0 Å². The zero-order chi connectivity index (χ0) is 14.1. The van der Waals surface area contributed by atoms with Crippen LogP contribution in [0, 0.1) is 0 Å². The van der Waals surface area contributed by atoms with Gasteiger partial charge in [0, 0.05) is 5.39 Å². The number of benzene rings is 2. The highest BCUT2D eigenvalue weighted by molar-refractivity contribution is 5.82. The second-order valence-electron chi connectivity index (χ2n) is 5.12. The third-order valence-corrected chi connectivity index (χ3v) is 3.71. The van der Waals surface area contributed by atoms with Gasteiger partial charge in [0.25, 0.3) is 0 Å². The number of fused-ring (bicyclic) bond motifs is 1. The fraction of sp³-hybridized carbons (Fsp3) is 0.235. The number of nitrogens with zero attached hydrogens (tertiary/aromatic N) is 2. The highest BCUT2D eigenvalue weighted by Gasteiger charge is 2.24. The van der Waals surface area contributed by atoms with E-state index < -0.39 is 0 Å². The standard InChI is InChI=1S/C17H16N2O2/c1-2-6-13(7-3-1)12-19-15-9-5-4-8-14(15)16(18-19)17-20-10-11-21-17/h1-9,17H,10-12H2. The molecule has 2 heterocycles. The second kappa shape index (κ2) is 5.31. The van der Waals surface area contributed by atoms with E-state index in [1.165, 1.54) is 5.56 Å². The SMILES string of the molecule is c1ccc(Cn2nc(C3OCCO3)c3ccccc32)cc1. The highest BCUT2D eigenvalue weighted by atomic mass is 16.7. The summed E-state index contributed by atoms with van der Waals surface area (Å²) in [5.41, 5.74) is 3.21. The molecule has 0 N–H and O–H groups in total. The first-order valence-corrected chi connectivity index (χ1v) is 7.14. The molecule has 0 amide bonds. The number of ether oxygens (including phenoxy) is 2. The van der Waals surface area contributed by atoms with Gasteiger partial charge in [-0.15, -0.1) is 0 Å². The van der Waals surface area contributed by atoms with E-state index in [1.54, 1.807) is 0 Å². The maximum absolute atomic E-state index is 5.61. The topological polar surface area (TPSA) is 36.3 Å². The van der Waals surface area contributed by atoms with E-state index in [0.29, 0.717) is 13.2 Å². The molecule has 0 spiro atoms. The molecular weight excluding hydrogens is 264 g/mol. The van der Waals surface area contributed by atoms with Crippen molar-refractivity contribution in [3.8, 4) is 0 Å². The number of rotatable bonds is 3. The summed E-state index contributed by atoms with van der Waals surface area (Å²) in [7, 11) is 0. The molecule has 4 nitrogen and oxygen atoms in total. The third kappa shape index (κ3) is 2.33. The van der Waals surface area contributed by atoms with Crippen LogP contribution in [0.4, 0.5) is 0 Å². The first-order chi connectivity index (χ1) is 10.4. The van der Waals surface area contributed by atoms with E-state index in [4.69, 9.17) is 14.6 Å². The van der Waals surface area contributed by atoms with E-state index >= 15 is 0 Å². The molecular formula is C17H16N2O2. The molecule has 1 aromatic heterocycles. The molecule has 0 atom stereocenters. The van der Waals surface area contributed by atoms with Gasteiger partial charge < -0.3 is 9.47 Å². The minimum absolute atomic E-state index is 0.341. The van der Waals surface area contributed by atoms with Crippen LogP contribution in [0.25, 0.3) is 10.9 Å². The van der Waals surface area contributed by atoms with Gasteiger partial charge in [0.2, 0.25) is 6.29 Å². The Balaban J connectivity index is 1.78. The Hall–Kier alpha value is -2.17. The fourth-order valence-corrected chi connectivity index (χ4v) is 2.72. The molecule has 4 heteroatoms. The number of aromatic nitrogens is 2. The summed E-state index contributed by atoms with van der Waals surface area (Å²) in [6, 6.07) is 18.6. The van der Waals surface area contributed by atoms with E-state index in [0.717, 1.165) is 23.1 Å². The molecule has 1 saturated heterocycles. The number of hydrogen-bond acceptors (Lipinski definition) is 3. The molecule has 0 unspecified atom stereocenters. The Kier molecular flexibility index (Phi) is 3.18. The zero-order valence-electron chi connectivity index (χ0n) is 11.6. The summed E-state index contributed by atoms with van der Waals surface area (Å²) in [5, 5.41) is 5.83. The maximum Gasteiger partial charge on any atom is 0.203 e. The predicted octanol–water partition coefficient (Wildman–Crippen LogP) is 3.13. The second-order valence-corrected chi connectivity index (χ2v) is 5.12. The quantitative estimate of drug-likeness (QED) is 0.739. The summed E-state index contributed by atoms with van der Waals surface area (Å²) in [6.07, 6.45) is -0.341. The Bertz CT molecular complexity index is 746. The van der Waals surface area contributed by atoms with Crippen LogP contribution in [0.1, 0.15) is 17.5 Å². The molecule has 106 valence electrons. The lowest BCUT2D eigenvalue weighted by Crippen LogP contribution is -2.04. The summed E-state index contributed by atoms with van der Waals surface area (Å²) in [4.78, 5) is 0. The molecule has 3 aromatic rings. The molecule has 1 aliphatic rings. The van der Waals surface area contributed by atoms with Crippen molar-refractivity contribution in [3.63, 3.8) is 0 Å².